The number of nitro benzene ring substituents is 1. The molecule has 252 valence electrons. The number of alkyl carbamates (subject to hydrolysis) is 1. The quantitative estimate of drug-likeness (QED) is 0.107. The second-order valence-corrected chi connectivity index (χ2v) is 13.0. The maximum Gasteiger partial charge on any atom is 0.408 e. The average molecular weight is 645 g/mol. The predicted molar refractivity (Wildman–Crippen MR) is 167 cm³/mol. The van der Waals surface area contributed by atoms with E-state index in [1.54, 1.807) is 41.5 Å². The number of carbonyl (C=O) groups is 6. The molecule has 1 saturated heterocycles. The fraction of sp³-hybridized carbons (Fsp3) is 0.548. The minimum absolute atomic E-state index is 0.0375. The van der Waals surface area contributed by atoms with Crippen molar-refractivity contribution in [3.8, 4) is 0 Å². The van der Waals surface area contributed by atoms with Crippen LogP contribution < -0.4 is 21.3 Å². The fourth-order valence-corrected chi connectivity index (χ4v) is 4.61. The third kappa shape index (κ3) is 11.3. The summed E-state index contributed by atoms with van der Waals surface area (Å²) < 4.78 is 5.33. The third-order valence-corrected chi connectivity index (χ3v) is 6.92. The molecule has 0 aliphatic carbocycles. The van der Waals surface area contributed by atoms with Crippen LogP contribution in [0.15, 0.2) is 36.9 Å². The van der Waals surface area contributed by atoms with Gasteiger partial charge in [-0.05, 0) is 51.0 Å². The van der Waals surface area contributed by atoms with Crippen molar-refractivity contribution in [2.45, 2.75) is 91.1 Å². The van der Waals surface area contributed by atoms with Gasteiger partial charge in [0, 0.05) is 25.2 Å². The summed E-state index contributed by atoms with van der Waals surface area (Å²) in [5.74, 6) is -3.86. The second kappa shape index (κ2) is 16.0. The molecule has 0 radical (unpaired) electrons. The first-order chi connectivity index (χ1) is 21.3. The lowest BCUT2D eigenvalue weighted by Gasteiger charge is -2.36. The number of ether oxygens (including phenoxy) is 1. The second-order valence-electron chi connectivity index (χ2n) is 13.0. The molecular formula is C31H44N6O9. The van der Waals surface area contributed by atoms with Crippen molar-refractivity contribution in [2.75, 3.05) is 13.1 Å². The Labute approximate surface area is 268 Å². The van der Waals surface area contributed by atoms with Crippen LogP contribution in [0.5, 0.6) is 0 Å². The van der Waals surface area contributed by atoms with E-state index in [0.717, 1.165) is 0 Å². The van der Waals surface area contributed by atoms with Crippen molar-refractivity contribution in [3.63, 3.8) is 0 Å². The molecule has 0 saturated carbocycles. The highest BCUT2D eigenvalue weighted by Crippen LogP contribution is 2.26. The first-order valence-corrected chi connectivity index (χ1v) is 14.9. The van der Waals surface area contributed by atoms with Gasteiger partial charge in [0.15, 0.2) is 0 Å². The molecule has 5 amide bonds. The summed E-state index contributed by atoms with van der Waals surface area (Å²) in [5, 5.41) is 20.7. The van der Waals surface area contributed by atoms with Gasteiger partial charge in [0.05, 0.1) is 11.5 Å². The van der Waals surface area contributed by atoms with Gasteiger partial charge >= 0.3 is 6.09 Å². The number of carbonyl (C=O) groups excluding carboxylic acids is 6. The smallest absolute Gasteiger partial charge is 0.408 e. The van der Waals surface area contributed by atoms with E-state index in [1.165, 1.54) is 35.2 Å². The van der Waals surface area contributed by atoms with E-state index in [0.29, 0.717) is 18.4 Å². The molecule has 15 heteroatoms. The summed E-state index contributed by atoms with van der Waals surface area (Å²) in [6.07, 6.45) is 1.30. The van der Waals surface area contributed by atoms with Crippen LogP contribution in [0.3, 0.4) is 0 Å². The summed E-state index contributed by atoms with van der Waals surface area (Å²) >= 11 is 0. The van der Waals surface area contributed by atoms with E-state index in [-0.39, 0.29) is 25.2 Å². The molecule has 1 heterocycles. The highest BCUT2D eigenvalue weighted by molar-refractivity contribution is 6.38. The van der Waals surface area contributed by atoms with Gasteiger partial charge in [-0.15, -0.1) is 6.58 Å². The molecule has 1 unspecified atom stereocenters. The molecule has 15 nitrogen and oxygen atoms in total. The number of amides is 5. The van der Waals surface area contributed by atoms with E-state index < -0.39 is 76.1 Å². The van der Waals surface area contributed by atoms with Gasteiger partial charge in [-0.2, -0.15) is 0 Å². The van der Waals surface area contributed by atoms with Crippen LogP contribution in [0.25, 0.3) is 0 Å². The Bertz CT molecular complexity index is 1330. The van der Waals surface area contributed by atoms with Crippen LogP contribution >= 0.6 is 0 Å². The molecule has 1 fully saturated rings. The number of nitrogens with zero attached hydrogens (tertiary/aromatic N) is 2. The zero-order valence-corrected chi connectivity index (χ0v) is 27.1. The highest BCUT2D eigenvalue weighted by Gasteiger charge is 2.43. The van der Waals surface area contributed by atoms with Crippen molar-refractivity contribution in [1.29, 1.82) is 0 Å². The molecule has 0 bridgehead atoms. The van der Waals surface area contributed by atoms with Crippen LogP contribution in [-0.4, -0.2) is 82.1 Å². The maximum absolute atomic E-state index is 13.7. The Morgan fingerprint density at radius 1 is 1.04 bits per heavy atom. The van der Waals surface area contributed by atoms with E-state index in [9.17, 15) is 38.9 Å². The molecule has 1 aliphatic rings. The summed E-state index contributed by atoms with van der Waals surface area (Å²) in [4.78, 5) is 88.9. The number of likely N-dealkylation sites (tertiary alicyclic amines) is 1. The van der Waals surface area contributed by atoms with Crippen LogP contribution in [0.1, 0.15) is 66.4 Å². The SMILES string of the molecule is C=CCC(NC(=O)[C@@H]1CCCN1C(=O)[C@@H](NC(=O)OC(C)(C)C)C(C)(C)C)C(=O)C(=O)NCC(=O)NCc1ccc([N+](=O)[O-])cc1. The van der Waals surface area contributed by atoms with Gasteiger partial charge in [-0.3, -0.25) is 34.1 Å². The summed E-state index contributed by atoms with van der Waals surface area (Å²) in [6.45, 7) is 13.7. The van der Waals surface area contributed by atoms with Crippen LogP contribution in [-0.2, 0) is 35.3 Å². The van der Waals surface area contributed by atoms with E-state index >= 15 is 0 Å². The first-order valence-electron chi connectivity index (χ1n) is 14.9. The lowest BCUT2D eigenvalue weighted by molar-refractivity contribution is -0.384. The van der Waals surface area contributed by atoms with Crippen molar-refractivity contribution in [1.82, 2.24) is 26.2 Å². The van der Waals surface area contributed by atoms with Crippen molar-refractivity contribution in [3.05, 3.63) is 52.6 Å². The number of ketones is 1. The Balaban J connectivity index is 2.01. The molecule has 3 atom stereocenters. The monoisotopic (exact) mass is 644 g/mol. The summed E-state index contributed by atoms with van der Waals surface area (Å²) in [7, 11) is 0. The first kappa shape index (κ1) is 37.4. The van der Waals surface area contributed by atoms with E-state index in [1.807, 2.05) is 0 Å². The molecule has 1 aromatic rings. The maximum atomic E-state index is 13.7. The zero-order chi connectivity index (χ0) is 34.8. The van der Waals surface area contributed by atoms with Gasteiger partial charge in [0.25, 0.3) is 11.6 Å². The zero-order valence-electron chi connectivity index (χ0n) is 27.1. The summed E-state index contributed by atoms with van der Waals surface area (Å²) in [5.41, 5.74) is -1.03. The lowest BCUT2D eigenvalue weighted by Crippen LogP contribution is -2.59. The third-order valence-electron chi connectivity index (χ3n) is 6.92. The van der Waals surface area contributed by atoms with Gasteiger partial charge in [-0.1, -0.05) is 39.0 Å². The molecule has 46 heavy (non-hydrogen) atoms. The number of hydrogen-bond donors (Lipinski definition) is 4. The Morgan fingerprint density at radius 2 is 1.67 bits per heavy atom. The van der Waals surface area contributed by atoms with Crippen LogP contribution in [0, 0.1) is 15.5 Å². The minimum Gasteiger partial charge on any atom is -0.444 e. The highest BCUT2D eigenvalue weighted by atomic mass is 16.6. The number of benzene rings is 1. The van der Waals surface area contributed by atoms with Gasteiger partial charge in [0.2, 0.25) is 23.5 Å². The van der Waals surface area contributed by atoms with Gasteiger partial charge in [0.1, 0.15) is 23.7 Å². The fourth-order valence-electron chi connectivity index (χ4n) is 4.61. The average Bonchev–Trinajstić information content (AvgIpc) is 3.45. The molecule has 1 aromatic carbocycles. The molecule has 4 N–H and O–H groups in total. The van der Waals surface area contributed by atoms with Gasteiger partial charge < -0.3 is 30.9 Å². The number of hydrogen-bond acceptors (Lipinski definition) is 9. The van der Waals surface area contributed by atoms with E-state index in [4.69, 9.17) is 4.74 Å². The minimum atomic E-state index is -1.30. The number of nitrogens with one attached hydrogen (secondary N) is 4. The predicted octanol–water partition coefficient (Wildman–Crippen LogP) is 1.89. The van der Waals surface area contributed by atoms with Crippen molar-refractivity contribution < 1.29 is 38.4 Å². The van der Waals surface area contributed by atoms with Crippen molar-refractivity contribution in [2.24, 2.45) is 5.41 Å². The van der Waals surface area contributed by atoms with Crippen molar-refractivity contribution >= 4 is 41.2 Å². The number of Topliss-reactive ketones (excluding diaryl/α,β-unsaturated/α-hetero) is 1. The summed E-state index contributed by atoms with van der Waals surface area (Å²) in [6, 6.07) is 2.27. The normalized spacial score (nSPS) is 16.0. The molecular weight excluding hydrogens is 600 g/mol. The molecule has 0 spiro atoms. The largest absolute Gasteiger partial charge is 0.444 e. The number of rotatable bonds is 13. The Hall–Kier alpha value is -4.82. The topological polar surface area (TPSA) is 206 Å². The Morgan fingerprint density at radius 3 is 2.22 bits per heavy atom. The molecule has 0 aromatic heterocycles. The molecule has 2 rings (SSSR count). The molecule has 1 aliphatic heterocycles. The number of non-ortho nitro benzene ring substituents is 1. The van der Waals surface area contributed by atoms with Crippen LogP contribution in [0.4, 0.5) is 10.5 Å². The van der Waals surface area contributed by atoms with Gasteiger partial charge in [-0.25, -0.2) is 4.79 Å². The standard InChI is InChI=1S/C31H44N6O9/c1-8-10-21(24(39)27(41)33-18-23(38)32-17-19-12-14-20(15-13-19)37(44)45)34-26(40)22-11-9-16-36(22)28(42)25(30(2,3)4)35-29(43)46-31(5,6)7/h8,12-15,21-22,25H,1,9-11,16-18H2,2-7H3,(H,32,38)(H,33,41)(H,34,40)(H,35,43)/t21?,22-,25+/m0/s1. The van der Waals surface area contributed by atoms with Crippen LogP contribution in [0.2, 0.25) is 0 Å². The Kier molecular flexibility index (Phi) is 13.0. The number of nitro groups is 1. The van der Waals surface area contributed by atoms with E-state index in [2.05, 4.69) is 27.8 Å². The lowest BCUT2D eigenvalue weighted by atomic mass is 9.85.